The van der Waals surface area contributed by atoms with Crippen LogP contribution < -0.4 is 10.6 Å². The molecule has 0 saturated heterocycles. The van der Waals surface area contributed by atoms with E-state index in [4.69, 9.17) is 0 Å². The lowest BCUT2D eigenvalue weighted by Crippen LogP contribution is -2.23. The Labute approximate surface area is 162 Å². The molecule has 0 aliphatic rings. The second-order valence-corrected chi connectivity index (χ2v) is 7.56. The molecule has 0 fully saturated rings. The number of benzene rings is 2. The van der Waals surface area contributed by atoms with Gasteiger partial charge >= 0.3 is 0 Å². The third-order valence-electron chi connectivity index (χ3n) is 4.02. The third-order valence-corrected chi connectivity index (χ3v) is 5.04. The summed E-state index contributed by atoms with van der Waals surface area (Å²) in [5, 5.41) is 6.44. The summed E-state index contributed by atoms with van der Waals surface area (Å²) in [4.78, 5) is 29.2. The van der Waals surface area contributed by atoms with E-state index in [9.17, 15) is 9.59 Å². The average molecular weight is 379 g/mol. The van der Waals surface area contributed by atoms with Crippen LogP contribution >= 0.6 is 11.3 Å². The number of aromatic nitrogens is 1. The van der Waals surface area contributed by atoms with E-state index < -0.39 is 0 Å². The number of hydrogen-bond donors (Lipinski definition) is 2. The van der Waals surface area contributed by atoms with Crippen molar-refractivity contribution in [2.75, 3.05) is 5.32 Å². The van der Waals surface area contributed by atoms with Gasteiger partial charge in [-0.1, -0.05) is 42.0 Å². The summed E-state index contributed by atoms with van der Waals surface area (Å²) in [6, 6.07) is 15.5. The Kier molecular flexibility index (Phi) is 5.66. The first kappa shape index (κ1) is 18.8. The molecule has 2 aromatic carbocycles. The Morgan fingerprint density at radius 3 is 2.52 bits per heavy atom. The van der Waals surface area contributed by atoms with Gasteiger partial charge in [-0.2, -0.15) is 0 Å². The smallest absolute Gasteiger partial charge is 0.271 e. The zero-order valence-corrected chi connectivity index (χ0v) is 16.3. The molecule has 3 aromatic rings. The topological polar surface area (TPSA) is 71.1 Å². The molecule has 2 amide bonds. The molecule has 5 nitrogen and oxygen atoms in total. The first-order valence-corrected chi connectivity index (χ1v) is 9.43. The van der Waals surface area contributed by atoms with Crippen LogP contribution in [0, 0.1) is 13.8 Å². The van der Waals surface area contributed by atoms with Crippen molar-refractivity contribution in [3.05, 3.63) is 70.2 Å². The van der Waals surface area contributed by atoms with Crippen molar-refractivity contribution in [2.45, 2.75) is 27.3 Å². The molecule has 2 N–H and O–H groups in total. The highest BCUT2D eigenvalue weighted by atomic mass is 32.1. The van der Waals surface area contributed by atoms with Crippen LogP contribution in [0.1, 0.15) is 33.4 Å². The quantitative estimate of drug-likeness (QED) is 0.694. The highest BCUT2D eigenvalue weighted by Gasteiger charge is 2.16. The fourth-order valence-corrected chi connectivity index (χ4v) is 3.54. The predicted molar refractivity (Wildman–Crippen MR) is 109 cm³/mol. The first-order valence-electron chi connectivity index (χ1n) is 8.61. The molecule has 27 heavy (non-hydrogen) atoms. The number of anilines is 1. The Morgan fingerprint density at radius 2 is 1.81 bits per heavy atom. The van der Waals surface area contributed by atoms with Crippen LogP contribution in [-0.2, 0) is 11.3 Å². The SMILES string of the molecule is CC(=O)Nc1cccc(-c2nc(C(=O)NCc3ccc(C)cc3)c(C)s2)c1. The van der Waals surface area contributed by atoms with Crippen LogP contribution in [0.5, 0.6) is 0 Å². The van der Waals surface area contributed by atoms with E-state index in [2.05, 4.69) is 15.6 Å². The Bertz CT molecular complexity index is 977. The van der Waals surface area contributed by atoms with Gasteiger partial charge in [-0.3, -0.25) is 9.59 Å². The number of aryl methyl sites for hydroxylation is 2. The molecule has 0 aliphatic carbocycles. The van der Waals surface area contributed by atoms with E-state index in [1.165, 1.54) is 23.8 Å². The largest absolute Gasteiger partial charge is 0.347 e. The van der Waals surface area contributed by atoms with E-state index >= 15 is 0 Å². The average Bonchev–Trinajstić information content (AvgIpc) is 3.02. The van der Waals surface area contributed by atoms with E-state index in [1.807, 2.05) is 62.4 Å². The van der Waals surface area contributed by atoms with Gasteiger partial charge in [0.2, 0.25) is 5.91 Å². The molecule has 138 valence electrons. The molecule has 0 bridgehead atoms. The molecule has 3 rings (SSSR count). The maximum absolute atomic E-state index is 12.5. The number of carbonyl (C=O) groups excluding carboxylic acids is 2. The summed E-state index contributed by atoms with van der Waals surface area (Å²) < 4.78 is 0. The van der Waals surface area contributed by atoms with Gasteiger partial charge in [-0.15, -0.1) is 11.3 Å². The molecule has 0 saturated carbocycles. The number of amides is 2. The predicted octanol–water partition coefficient (Wildman–Crippen LogP) is 4.32. The Balaban J connectivity index is 1.74. The second-order valence-electron chi connectivity index (χ2n) is 6.35. The Hall–Kier alpha value is -2.99. The van der Waals surface area contributed by atoms with E-state index in [0.29, 0.717) is 17.9 Å². The number of rotatable bonds is 5. The molecule has 0 atom stereocenters. The third kappa shape index (κ3) is 4.80. The number of thiazole rings is 1. The molecule has 0 aliphatic heterocycles. The van der Waals surface area contributed by atoms with Crippen LogP contribution in [-0.4, -0.2) is 16.8 Å². The van der Waals surface area contributed by atoms with E-state index in [1.54, 1.807) is 0 Å². The highest BCUT2D eigenvalue weighted by Crippen LogP contribution is 2.29. The minimum absolute atomic E-state index is 0.126. The van der Waals surface area contributed by atoms with Crippen molar-refractivity contribution < 1.29 is 9.59 Å². The van der Waals surface area contributed by atoms with E-state index in [0.717, 1.165) is 21.0 Å². The fourth-order valence-electron chi connectivity index (χ4n) is 2.64. The van der Waals surface area contributed by atoms with Gasteiger partial charge in [-0.25, -0.2) is 4.98 Å². The molecule has 0 spiro atoms. The minimum Gasteiger partial charge on any atom is -0.347 e. The van der Waals surface area contributed by atoms with Crippen LogP contribution in [0.4, 0.5) is 5.69 Å². The maximum Gasteiger partial charge on any atom is 0.271 e. The van der Waals surface area contributed by atoms with Gasteiger partial charge in [-0.05, 0) is 31.5 Å². The second kappa shape index (κ2) is 8.14. The summed E-state index contributed by atoms with van der Waals surface area (Å²) in [5.41, 5.74) is 4.24. The number of hydrogen-bond acceptors (Lipinski definition) is 4. The monoisotopic (exact) mass is 379 g/mol. The summed E-state index contributed by atoms with van der Waals surface area (Å²) >= 11 is 1.46. The molecule has 1 heterocycles. The van der Waals surface area contributed by atoms with Gasteiger partial charge in [0.1, 0.15) is 10.7 Å². The lowest BCUT2D eigenvalue weighted by atomic mass is 10.1. The van der Waals surface area contributed by atoms with Crippen LogP contribution in [0.25, 0.3) is 10.6 Å². The van der Waals surface area contributed by atoms with Gasteiger partial charge in [0.25, 0.3) is 5.91 Å². The van der Waals surface area contributed by atoms with Crippen molar-refractivity contribution >= 4 is 28.8 Å². The van der Waals surface area contributed by atoms with E-state index in [-0.39, 0.29) is 11.8 Å². The van der Waals surface area contributed by atoms with Gasteiger partial charge in [0.05, 0.1) is 0 Å². The highest BCUT2D eigenvalue weighted by molar-refractivity contribution is 7.15. The van der Waals surface area contributed by atoms with Crippen LogP contribution in [0.15, 0.2) is 48.5 Å². The summed E-state index contributed by atoms with van der Waals surface area (Å²) in [5.74, 6) is -0.313. The summed E-state index contributed by atoms with van der Waals surface area (Å²) in [7, 11) is 0. The molecule has 1 aromatic heterocycles. The summed E-state index contributed by atoms with van der Waals surface area (Å²) in [6.45, 7) is 5.85. The summed E-state index contributed by atoms with van der Waals surface area (Å²) in [6.07, 6.45) is 0. The van der Waals surface area contributed by atoms with Crippen LogP contribution in [0.2, 0.25) is 0 Å². The zero-order valence-electron chi connectivity index (χ0n) is 15.5. The molecular weight excluding hydrogens is 358 g/mol. The van der Waals surface area contributed by atoms with Gasteiger partial charge in [0.15, 0.2) is 0 Å². The number of nitrogens with one attached hydrogen (secondary N) is 2. The molecule has 0 radical (unpaired) electrons. The van der Waals surface area contributed by atoms with Crippen LogP contribution in [0.3, 0.4) is 0 Å². The van der Waals surface area contributed by atoms with Crippen molar-refractivity contribution in [2.24, 2.45) is 0 Å². The molecular formula is C21H21N3O2S. The fraction of sp³-hybridized carbons (Fsp3) is 0.190. The molecule has 0 unspecified atom stereocenters. The Morgan fingerprint density at radius 1 is 1.07 bits per heavy atom. The van der Waals surface area contributed by atoms with Gasteiger partial charge < -0.3 is 10.6 Å². The van der Waals surface area contributed by atoms with Gasteiger partial charge in [0, 0.05) is 29.6 Å². The van der Waals surface area contributed by atoms with Crippen molar-refractivity contribution in [1.82, 2.24) is 10.3 Å². The molecule has 6 heteroatoms. The standard InChI is InChI=1S/C21H21N3O2S/c1-13-7-9-16(10-8-13)12-22-20(26)19-14(2)27-21(24-19)17-5-4-6-18(11-17)23-15(3)25/h4-11H,12H2,1-3H3,(H,22,26)(H,23,25). The zero-order chi connectivity index (χ0) is 19.4. The number of nitrogens with zero attached hydrogens (tertiary/aromatic N) is 1. The van der Waals surface area contributed by atoms with Crippen molar-refractivity contribution in [3.63, 3.8) is 0 Å². The minimum atomic E-state index is -0.186. The first-order chi connectivity index (χ1) is 12.9. The normalized spacial score (nSPS) is 10.5. The number of carbonyl (C=O) groups is 2. The van der Waals surface area contributed by atoms with Crippen molar-refractivity contribution in [3.8, 4) is 10.6 Å². The lowest BCUT2D eigenvalue weighted by molar-refractivity contribution is -0.114. The lowest BCUT2D eigenvalue weighted by Gasteiger charge is -2.05. The van der Waals surface area contributed by atoms with Crippen molar-refractivity contribution in [1.29, 1.82) is 0 Å². The maximum atomic E-state index is 12.5.